The molecule has 1 fully saturated rings. The monoisotopic (exact) mass is 438 g/mol. The zero-order chi connectivity index (χ0) is 23.1. The van der Waals surface area contributed by atoms with Crippen molar-refractivity contribution in [1.82, 2.24) is 10.2 Å². The van der Waals surface area contributed by atoms with Gasteiger partial charge < -0.3 is 19.7 Å². The fourth-order valence-corrected chi connectivity index (χ4v) is 3.64. The van der Waals surface area contributed by atoms with Crippen LogP contribution in [0, 0.1) is 19.8 Å². The highest BCUT2D eigenvalue weighted by Crippen LogP contribution is 2.21. The second-order valence-corrected chi connectivity index (χ2v) is 8.20. The number of nitrogens with zero attached hydrogens (tertiary/aromatic N) is 1. The molecular weight excluding hydrogens is 408 g/mol. The third-order valence-electron chi connectivity index (χ3n) is 5.68. The molecule has 2 aromatic carbocycles. The molecule has 0 radical (unpaired) electrons. The Morgan fingerprint density at radius 2 is 1.75 bits per heavy atom. The number of aryl methyl sites for hydroxylation is 2. The van der Waals surface area contributed by atoms with Crippen molar-refractivity contribution in [2.24, 2.45) is 5.92 Å². The second-order valence-electron chi connectivity index (χ2n) is 8.20. The maximum atomic E-state index is 12.8. The standard InChI is InChI=1S/C25H30N2O5/c1-17-7-8-22(13-18(17)2)31-16-24(29)26-15-20-9-11-27(12-10-20)25(30)21-5-4-6-23(14-21)32-19(3)28/h4-8,13-14,20H,9-12,15-16H2,1-3H3,(H,26,29). The molecule has 0 aromatic heterocycles. The van der Waals surface area contributed by atoms with Crippen LogP contribution in [0.25, 0.3) is 0 Å². The highest BCUT2D eigenvalue weighted by atomic mass is 16.5. The first-order valence-corrected chi connectivity index (χ1v) is 10.9. The molecule has 0 saturated carbocycles. The van der Waals surface area contributed by atoms with E-state index in [-0.39, 0.29) is 18.4 Å². The van der Waals surface area contributed by atoms with E-state index in [9.17, 15) is 14.4 Å². The number of esters is 1. The lowest BCUT2D eigenvalue weighted by molar-refractivity contribution is -0.131. The van der Waals surface area contributed by atoms with Crippen LogP contribution >= 0.6 is 0 Å². The SMILES string of the molecule is CC(=O)Oc1cccc(C(=O)N2CCC(CNC(=O)COc3ccc(C)c(C)c3)CC2)c1. The largest absolute Gasteiger partial charge is 0.484 e. The molecule has 3 rings (SSSR count). The molecule has 1 heterocycles. The van der Waals surface area contributed by atoms with Crippen molar-refractivity contribution in [2.75, 3.05) is 26.2 Å². The van der Waals surface area contributed by atoms with E-state index >= 15 is 0 Å². The molecule has 0 spiro atoms. The predicted octanol–water partition coefficient (Wildman–Crippen LogP) is 3.28. The maximum Gasteiger partial charge on any atom is 0.308 e. The molecule has 0 aliphatic carbocycles. The molecule has 32 heavy (non-hydrogen) atoms. The van der Waals surface area contributed by atoms with Gasteiger partial charge in [0.1, 0.15) is 11.5 Å². The average molecular weight is 439 g/mol. The van der Waals surface area contributed by atoms with Crippen LogP contribution < -0.4 is 14.8 Å². The van der Waals surface area contributed by atoms with E-state index in [2.05, 4.69) is 5.32 Å². The lowest BCUT2D eigenvalue weighted by atomic mass is 9.96. The van der Waals surface area contributed by atoms with Gasteiger partial charge in [-0.15, -0.1) is 0 Å². The van der Waals surface area contributed by atoms with E-state index in [1.54, 1.807) is 29.2 Å². The van der Waals surface area contributed by atoms with Gasteiger partial charge in [0, 0.05) is 32.1 Å². The third kappa shape index (κ3) is 6.57. The van der Waals surface area contributed by atoms with E-state index in [1.807, 2.05) is 32.0 Å². The Morgan fingerprint density at radius 1 is 1.00 bits per heavy atom. The number of hydrogen-bond acceptors (Lipinski definition) is 5. The Morgan fingerprint density at radius 3 is 2.44 bits per heavy atom. The number of hydrogen-bond donors (Lipinski definition) is 1. The molecule has 7 nitrogen and oxygen atoms in total. The van der Waals surface area contributed by atoms with Gasteiger partial charge in [0.05, 0.1) is 0 Å². The molecule has 0 unspecified atom stereocenters. The summed E-state index contributed by atoms with van der Waals surface area (Å²) in [5.74, 6) is 0.720. The summed E-state index contributed by atoms with van der Waals surface area (Å²) < 4.78 is 10.6. The van der Waals surface area contributed by atoms with Gasteiger partial charge in [0.25, 0.3) is 11.8 Å². The van der Waals surface area contributed by atoms with Gasteiger partial charge in [-0.05, 0) is 74.1 Å². The number of likely N-dealkylation sites (tertiary alicyclic amines) is 1. The lowest BCUT2D eigenvalue weighted by Gasteiger charge is -2.32. The normalized spacial score (nSPS) is 14.0. The summed E-state index contributed by atoms with van der Waals surface area (Å²) in [5.41, 5.74) is 2.81. The molecule has 1 saturated heterocycles. The minimum absolute atomic E-state index is 0.0154. The average Bonchev–Trinajstić information content (AvgIpc) is 2.78. The van der Waals surface area contributed by atoms with Crippen LogP contribution in [0.1, 0.15) is 41.3 Å². The van der Waals surface area contributed by atoms with E-state index in [1.165, 1.54) is 12.5 Å². The summed E-state index contributed by atoms with van der Waals surface area (Å²) >= 11 is 0. The van der Waals surface area contributed by atoms with Crippen molar-refractivity contribution in [2.45, 2.75) is 33.6 Å². The zero-order valence-electron chi connectivity index (χ0n) is 18.8. The molecule has 170 valence electrons. The Bertz CT molecular complexity index is 980. The summed E-state index contributed by atoms with van der Waals surface area (Å²) in [5, 5.41) is 2.93. The van der Waals surface area contributed by atoms with Crippen LogP contribution in [-0.4, -0.2) is 48.9 Å². The quantitative estimate of drug-likeness (QED) is 0.530. The molecule has 1 aliphatic heterocycles. The number of ether oxygens (including phenoxy) is 2. The number of amides is 2. The number of rotatable bonds is 7. The number of carbonyl (C=O) groups is 3. The Hall–Kier alpha value is -3.35. The van der Waals surface area contributed by atoms with Gasteiger partial charge in [0.15, 0.2) is 6.61 Å². The maximum absolute atomic E-state index is 12.8. The second kappa shape index (κ2) is 10.8. The third-order valence-corrected chi connectivity index (χ3v) is 5.68. The van der Waals surface area contributed by atoms with Crippen LogP contribution in [0.15, 0.2) is 42.5 Å². The zero-order valence-corrected chi connectivity index (χ0v) is 18.8. The smallest absolute Gasteiger partial charge is 0.308 e. The number of carbonyl (C=O) groups excluding carboxylic acids is 3. The first-order chi connectivity index (χ1) is 15.3. The molecule has 7 heteroatoms. The Kier molecular flexibility index (Phi) is 7.87. The van der Waals surface area contributed by atoms with Crippen LogP contribution in [0.2, 0.25) is 0 Å². The van der Waals surface area contributed by atoms with Gasteiger partial charge in [-0.1, -0.05) is 12.1 Å². The van der Waals surface area contributed by atoms with Crippen molar-refractivity contribution < 1.29 is 23.9 Å². The molecular formula is C25H30N2O5. The van der Waals surface area contributed by atoms with Crippen molar-refractivity contribution in [3.8, 4) is 11.5 Å². The predicted molar refractivity (Wildman–Crippen MR) is 121 cm³/mol. The number of benzene rings is 2. The highest BCUT2D eigenvalue weighted by Gasteiger charge is 2.24. The van der Waals surface area contributed by atoms with Gasteiger partial charge in [-0.2, -0.15) is 0 Å². The molecule has 1 aliphatic rings. The van der Waals surface area contributed by atoms with Gasteiger partial charge in [0.2, 0.25) is 0 Å². The van der Waals surface area contributed by atoms with Gasteiger partial charge in [-0.25, -0.2) is 0 Å². The Balaban J connectivity index is 1.40. The summed E-state index contributed by atoms with van der Waals surface area (Å²) in [7, 11) is 0. The van der Waals surface area contributed by atoms with Crippen molar-refractivity contribution in [3.63, 3.8) is 0 Å². The van der Waals surface area contributed by atoms with Crippen LogP contribution in [-0.2, 0) is 9.59 Å². The summed E-state index contributed by atoms with van der Waals surface area (Å²) in [6.07, 6.45) is 1.63. The molecule has 1 N–H and O–H groups in total. The minimum atomic E-state index is -0.420. The fraction of sp³-hybridized carbons (Fsp3) is 0.400. The fourth-order valence-electron chi connectivity index (χ4n) is 3.64. The molecule has 0 bridgehead atoms. The van der Waals surface area contributed by atoms with E-state index < -0.39 is 5.97 Å². The van der Waals surface area contributed by atoms with Crippen LogP contribution in [0.3, 0.4) is 0 Å². The lowest BCUT2D eigenvalue weighted by Crippen LogP contribution is -2.42. The van der Waals surface area contributed by atoms with E-state index in [0.29, 0.717) is 42.6 Å². The number of piperidine rings is 1. The van der Waals surface area contributed by atoms with Gasteiger partial charge >= 0.3 is 5.97 Å². The number of nitrogens with one attached hydrogen (secondary N) is 1. The minimum Gasteiger partial charge on any atom is -0.484 e. The summed E-state index contributed by atoms with van der Waals surface area (Å²) in [6, 6.07) is 12.4. The van der Waals surface area contributed by atoms with Crippen molar-refractivity contribution >= 4 is 17.8 Å². The first-order valence-electron chi connectivity index (χ1n) is 10.9. The summed E-state index contributed by atoms with van der Waals surface area (Å²) in [4.78, 5) is 37.8. The first kappa shape index (κ1) is 23.3. The topological polar surface area (TPSA) is 84.9 Å². The van der Waals surface area contributed by atoms with E-state index in [0.717, 1.165) is 18.4 Å². The van der Waals surface area contributed by atoms with Gasteiger partial charge in [-0.3, -0.25) is 14.4 Å². The molecule has 2 amide bonds. The molecule has 0 atom stereocenters. The highest BCUT2D eigenvalue weighted by molar-refractivity contribution is 5.94. The Labute approximate surface area is 188 Å². The van der Waals surface area contributed by atoms with Crippen LogP contribution in [0.4, 0.5) is 0 Å². The van der Waals surface area contributed by atoms with Crippen LogP contribution in [0.5, 0.6) is 11.5 Å². The van der Waals surface area contributed by atoms with Crippen molar-refractivity contribution in [1.29, 1.82) is 0 Å². The summed E-state index contributed by atoms with van der Waals surface area (Å²) in [6.45, 7) is 7.17. The van der Waals surface area contributed by atoms with E-state index in [4.69, 9.17) is 9.47 Å². The molecule has 2 aromatic rings. The van der Waals surface area contributed by atoms with Crippen molar-refractivity contribution in [3.05, 3.63) is 59.2 Å².